The third kappa shape index (κ3) is 2.20. The molecule has 0 atom stereocenters. The van der Waals surface area contributed by atoms with Gasteiger partial charge in [-0.1, -0.05) is 0 Å². The van der Waals surface area contributed by atoms with E-state index in [0.717, 1.165) is 6.07 Å². The van der Waals surface area contributed by atoms with Gasteiger partial charge in [0.05, 0.1) is 0 Å². The maximum atomic E-state index is 12.4. The molecule has 0 unspecified atom stereocenters. The van der Waals surface area contributed by atoms with Crippen LogP contribution in [0, 0.1) is 5.82 Å². The summed E-state index contributed by atoms with van der Waals surface area (Å²) in [5.41, 5.74) is 5.92. The predicted molar refractivity (Wildman–Crippen MR) is 48.1 cm³/mol. The second kappa shape index (κ2) is 4.07. The molecule has 1 aromatic carbocycles. The van der Waals surface area contributed by atoms with Gasteiger partial charge >= 0.3 is 0 Å². The van der Waals surface area contributed by atoms with Crippen molar-refractivity contribution < 1.29 is 9.18 Å². The first kappa shape index (κ1) is 10.9. The van der Waals surface area contributed by atoms with E-state index in [0.29, 0.717) is 5.56 Å². The van der Waals surface area contributed by atoms with Gasteiger partial charge in [0, 0.05) is 11.3 Å². The number of carbonyl (C=O) groups is 1. The molecule has 12 heavy (non-hydrogen) atoms. The van der Waals surface area contributed by atoms with E-state index in [1.165, 1.54) is 19.1 Å². The highest BCUT2D eigenvalue weighted by molar-refractivity contribution is 5.98. The number of nitrogens with two attached hydrogens (primary N) is 1. The zero-order chi connectivity index (χ0) is 8.43. The van der Waals surface area contributed by atoms with E-state index >= 15 is 0 Å². The Morgan fingerprint density at radius 1 is 1.50 bits per heavy atom. The molecule has 0 aliphatic heterocycles. The molecule has 0 aliphatic carbocycles. The van der Waals surface area contributed by atoms with Crippen LogP contribution in [0.1, 0.15) is 17.3 Å². The van der Waals surface area contributed by atoms with Gasteiger partial charge in [-0.25, -0.2) is 4.39 Å². The number of ketones is 1. The van der Waals surface area contributed by atoms with Crippen LogP contribution < -0.4 is 5.73 Å². The summed E-state index contributed by atoms with van der Waals surface area (Å²) in [6.07, 6.45) is 0. The Balaban J connectivity index is 0.00000121. The van der Waals surface area contributed by atoms with Crippen LogP contribution in [-0.4, -0.2) is 5.78 Å². The van der Waals surface area contributed by atoms with Gasteiger partial charge in [0.25, 0.3) is 0 Å². The molecule has 2 nitrogen and oxygen atoms in total. The molecule has 2 N–H and O–H groups in total. The van der Waals surface area contributed by atoms with Crippen LogP contribution in [0.3, 0.4) is 0 Å². The van der Waals surface area contributed by atoms with Crippen molar-refractivity contribution in [2.45, 2.75) is 6.92 Å². The topological polar surface area (TPSA) is 43.1 Å². The number of benzene rings is 1. The highest BCUT2D eigenvalue weighted by atomic mass is 35.5. The minimum atomic E-state index is -0.424. The summed E-state index contributed by atoms with van der Waals surface area (Å²) in [5.74, 6) is -0.574. The lowest BCUT2D eigenvalue weighted by atomic mass is 10.1. The molecule has 1 aromatic rings. The third-order valence-corrected chi connectivity index (χ3v) is 1.39. The zero-order valence-electron chi connectivity index (χ0n) is 6.50. The largest absolute Gasteiger partial charge is 0.398 e. The van der Waals surface area contributed by atoms with Crippen molar-refractivity contribution in [2.75, 3.05) is 5.73 Å². The van der Waals surface area contributed by atoms with E-state index < -0.39 is 5.82 Å². The van der Waals surface area contributed by atoms with Crippen molar-refractivity contribution in [1.82, 2.24) is 0 Å². The molecule has 0 heterocycles. The fraction of sp³-hybridized carbons (Fsp3) is 0.125. The molecule has 0 spiro atoms. The summed E-state index contributed by atoms with van der Waals surface area (Å²) < 4.78 is 12.4. The summed E-state index contributed by atoms with van der Waals surface area (Å²) in [5, 5.41) is 0. The number of rotatable bonds is 1. The summed E-state index contributed by atoms with van der Waals surface area (Å²) in [6.45, 7) is 1.39. The van der Waals surface area contributed by atoms with Gasteiger partial charge in [-0.2, -0.15) is 0 Å². The lowest BCUT2D eigenvalue weighted by molar-refractivity contribution is 0.101. The van der Waals surface area contributed by atoms with Crippen LogP contribution in [0.25, 0.3) is 0 Å². The van der Waals surface area contributed by atoms with Crippen molar-refractivity contribution in [3.63, 3.8) is 0 Å². The Labute approximate surface area is 76.0 Å². The van der Waals surface area contributed by atoms with E-state index in [1.807, 2.05) is 0 Å². The maximum absolute atomic E-state index is 12.4. The van der Waals surface area contributed by atoms with Crippen LogP contribution >= 0.6 is 12.4 Å². The smallest absolute Gasteiger partial charge is 0.161 e. The van der Waals surface area contributed by atoms with E-state index in [4.69, 9.17) is 5.73 Å². The number of hydrogen-bond acceptors (Lipinski definition) is 2. The molecule has 0 radical (unpaired) electrons. The first-order chi connectivity index (χ1) is 5.11. The summed E-state index contributed by atoms with van der Waals surface area (Å²) >= 11 is 0. The minimum absolute atomic E-state index is 0. The van der Waals surface area contributed by atoms with Crippen LogP contribution in [0.15, 0.2) is 18.2 Å². The van der Waals surface area contributed by atoms with Crippen molar-refractivity contribution >= 4 is 23.9 Å². The Morgan fingerprint density at radius 2 is 2.08 bits per heavy atom. The first-order valence-electron chi connectivity index (χ1n) is 3.17. The average molecular weight is 190 g/mol. The summed E-state index contributed by atoms with van der Waals surface area (Å²) in [6, 6.07) is 3.73. The minimum Gasteiger partial charge on any atom is -0.398 e. The van der Waals surface area contributed by atoms with Crippen molar-refractivity contribution in [2.24, 2.45) is 0 Å². The Hall–Kier alpha value is -1.09. The van der Waals surface area contributed by atoms with E-state index in [9.17, 15) is 9.18 Å². The Kier molecular flexibility index (Phi) is 3.70. The molecular formula is C8H9ClFNO. The number of halogens is 2. The number of Topliss-reactive ketones (excluding diaryl/α,β-unsaturated/α-hetero) is 1. The molecule has 0 amide bonds. The van der Waals surface area contributed by atoms with Crippen molar-refractivity contribution in [3.8, 4) is 0 Å². The molecular weight excluding hydrogens is 181 g/mol. The van der Waals surface area contributed by atoms with E-state index in [2.05, 4.69) is 0 Å². The van der Waals surface area contributed by atoms with Crippen LogP contribution in [0.5, 0.6) is 0 Å². The average Bonchev–Trinajstić information content (AvgIpc) is 1.85. The van der Waals surface area contributed by atoms with E-state index in [1.54, 1.807) is 0 Å². The molecule has 0 bridgehead atoms. The second-order valence-corrected chi connectivity index (χ2v) is 2.29. The maximum Gasteiger partial charge on any atom is 0.161 e. The molecule has 66 valence electrons. The standard InChI is InChI=1S/C8H8FNO.ClH/c1-5(11)7-3-2-6(9)4-8(7)10;/h2-4H,10H2,1H3;1H. The number of anilines is 1. The second-order valence-electron chi connectivity index (χ2n) is 2.29. The summed E-state index contributed by atoms with van der Waals surface area (Å²) in [4.78, 5) is 10.8. The quantitative estimate of drug-likeness (QED) is 0.543. The van der Waals surface area contributed by atoms with Gasteiger partial charge in [-0.05, 0) is 25.1 Å². The molecule has 0 aromatic heterocycles. The van der Waals surface area contributed by atoms with Crippen molar-refractivity contribution in [3.05, 3.63) is 29.6 Å². The normalized spacial score (nSPS) is 8.83. The fourth-order valence-corrected chi connectivity index (χ4v) is 0.854. The lowest BCUT2D eigenvalue weighted by Crippen LogP contribution is -1.99. The van der Waals surface area contributed by atoms with Gasteiger partial charge in [-0.15, -0.1) is 12.4 Å². The zero-order valence-corrected chi connectivity index (χ0v) is 7.32. The number of nitrogen functional groups attached to an aromatic ring is 1. The van der Waals surface area contributed by atoms with Gasteiger partial charge in [0.2, 0.25) is 0 Å². The Bertz CT molecular complexity index is 301. The van der Waals surface area contributed by atoms with Crippen LogP contribution in [-0.2, 0) is 0 Å². The Morgan fingerprint density at radius 3 is 2.50 bits per heavy atom. The predicted octanol–water partition coefficient (Wildman–Crippen LogP) is 2.03. The van der Waals surface area contributed by atoms with E-state index in [-0.39, 0.29) is 23.9 Å². The molecule has 0 saturated carbocycles. The first-order valence-corrected chi connectivity index (χ1v) is 3.17. The molecule has 1 rings (SSSR count). The van der Waals surface area contributed by atoms with Gasteiger partial charge < -0.3 is 5.73 Å². The monoisotopic (exact) mass is 189 g/mol. The van der Waals surface area contributed by atoms with Crippen LogP contribution in [0.2, 0.25) is 0 Å². The van der Waals surface area contributed by atoms with Crippen molar-refractivity contribution in [1.29, 1.82) is 0 Å². The SMILES string of the molecule is CC(=O)c1ccc(F)cc1N.Cl. The summed E-state index contributed by atoms with van der Waals surface area (Å²) in [7, 11) is 0. The van der Waals surface area contributed by atoms with Crippen LogP contribution in [0.4, 0.5) is 10.1 Å². The molecule has 0 saturated heterocycles. The van der Waals surface area contributed by atoms with Gasteiger partial charge in [0.15, 0.2) is 5.78 Å². The highest BCUT2D eigenvalue weighted by Crippen LogP contribution is 2.13. The third-order valence-electron chi connectivity index (χ3n) is 1.39. The fourth-order valence-electron chi connectivity index (χ4n) is 0.854. The number of hydrogen-bond donors (Lipinski definition) is 1. The lowest BCUT2D eigenvalue weighted by Gasteiger charge is -1.99. The highest BCUT2D eigenvalue weighted by Gasteiger charge is 2.03. The van der Waals surface area contributed by atoms with Gasteiger partial charge in [0.1, 0.15) is 5.82 Å². The molecule has 0 aliphatic rings. The molecule has 4 heteroatoms. The van der Waals surface area contributed by atoms with Gasteiger partial charge in [-0.3, -0.25) is 4.79 Å². The number of carbonyl (C=O) groups excluding carboxylic acids is 1. The molecule has 0 fully saturated rings.